The van der Waals surface area contributed by atoms with Gasteiger partial charge in [0, 0.05) is 5.70 Å². The second-order valence-electron chi connectivity index (χ2n) is 5.70. The molecule has 1 aliphatic carbocycles. The van der Waals surface area contributed by atoms with E-state index in [0.717, 1.165) is 18.4 Å². The first-order valence-electron chi connectivity index (χ1n) is 7.77. The summed E-state index contributed by atoms with van der Waals surface area (Å²) in [5.74, 6) is 1.92. The van der Waals surface area contributed by atoms with Crippen LogP contribution in [0.15, 0.2) is 23.4 Å². The van der Waals surface area contributed by atoms with Gasteiger partial charge in [0.25, 0.3) is 0 Å². The average molecular weight is 334 g/mol. The van der Waals surface area contributed by atoms with Crippen LogP contribution in [0.2, 0.25) is 0 Å². The van der Waals surface area contributed by atoms with Gasteiger partial charge in [0.05, 0.1) is 27.4 Å². The first kappa shape index (κ1) is 15.9. The Balaban J connectivity index is 2.08. The maximum absolute atomic E-state index is 5.48. The summed E-state index contributed by atoms with van der Waals surface area (Å²) < 4.78 is 16.4. The zero-order chi connectivity index (χ0) is 16.4. The molecule has 5 nitrogen and oxygen atoms in total. The smallest absolute Gasteiger partial charge is 0.203 e. The van der Waals surface area contributed by atoms with Crippen LogP contribution in [0.1, 0.15) is 37.3 Å². The highest BCUT2D eigenvalue weighted by Gasteiger charge is 2.29. The summed E-state index contributed by atoms with van der Waals surface area (Å²) in [4.78, 5) is 0. The zero-order valence-electron chi connectivity index (χ0n) is 13.7. The SMILES string of the molecule is COc1cc(C2NC(=S)NC3=C2CCCC3)cc(OC)c1OC. The fourth-order valence-electron chi connectivity index (χ4n) is 3.33. The van der Waals surface area contributed by atoms with Crippen LogP contribution < -0.4 is 24.8 Å². The number of methoxy groups -OCH3 is 3. The molecule has 124 valence electrons. The Morgan fingerprint density at radius 1 is 1.00 bits per heavy atom. The Kier molecular flexibility index (Phi) is 4.61. The quantitative estimate of drug-likeness (QED) is 0.826. The van der Waals surface area contributed by atoms with Crippen molar-refractivity contribution in [3.8, 4) is 17.2 Å². The number of benzene rings is 1. The molecule has 1 aromatic rings. The molecule has 0 aromatic heterocycles. The van der Waals surface area contributed by atoms with Gasteiger partial charge < -0.3 is 24.8 Å². The van der Waals surface area contributed by atoms with E-state index in [9.17, 15) is 0 Å². The molecule has 23 heavy (non-hydrogen) atoms. The van der Waals surface area contributed by atoms with Gasteiger partial charge in [-0.2, -0.15) is 0 Å². The lowest BCUT2D eigenvalue weighted by molar-refractivity contribution is 0.323. The van der Waals surface area contributed by atoms with Crippen molar-refractivity contribution < 1.29 is 14.2 Å². The van der Waals surface area contributed by atoms with E-state index < -0.39 is 0 Å². The third-order valence-corrected chi connectivity index (χ3v) is 4.64. The van der Waals surface area contributed by atoms with Crippen LogP contribution in [0.4, 0.5) is 0 Å². The maximum Gasteiger partial charge on any atom is 0.203 e. The topological polar surface area (TPSA) is 51.8 Å². The second-order valence-corrected chi connectivity index (χ2v) is 6.11. The first-order chi connectivity index (χ1) is 11.2. The molecule has 0 saturated heterocycles. The van der Waals surface area contributed by atoms with E-state index in [1.165, 1.54) is 24.1 Å². The van der Waals surface area contributed by atoms with Gasteiger partial charge in [-0.1, -0.05) is 0 Å². The van der Waals surface area contributed by atoms with Gasteiger partial charge in [0.15, 0.2) is 16.6 Å². The van der Waals surface area contributed by atoms with Crippen LogP contribution >= 0.6 is 12.2 Å². The molecule has 1 atom stereocenters. The number of nitrogens with one attached hydrogen (secondary N) is 2. The van der Waals surface area contributed by atoms with Crippen LogP contribution in [0.5, 0.6) is 17.2 Å². The highest BCUT2D eigenvalue weighted by atomic mass is 32.1. The van der Waals surface area contributed by atoms with E-state index in [2.05, 4.69) is 10.6 Å². The van der Waals surface area contributed by atoms with E-state index in [-0.39, 0.29) is 6.04 Å². The van der Waals surface area contributed by atoms with Gasteiger partial charge in [0.2, 0.25) is 5.75 Å². The van der Waals surface area contributed by atoms with Crippen molar-refractivity contribution in [3.63, 3.8) is 0 Å². The molecule has 3 rings (SSSR count). The standard InChI is InChI=1S/C17H22N2O3S/c1-20-13-8-10(9-14(21-2)16(13)22-3)15-11-6-4-5-7-12(11)18-17(23)19-15/h8-9,15H,4-7H2,1-3H3,(H2,18,19,23). The van der Waals surface area contributed by atoms with Crippen molar-refractivity contribution in [1.29, 1.82) is 0 Å². The number of allylic oxidation sites excluding steroid dienone is 1. The normalized spacial score (nSPS) is 20.3. The largest absolute Gasteiger partial charge is 0.493 e. The van der Waals surface area contributed by atoms with Crippen molar-refractivity contribution in [2.75, 3.05) is 21.3 Å². The predicted molar refractivity (Wildman–Crippen MR) is 93.2 cm³/mol. The van der Waals surface area contributed by atoms with E-state index in [1.54, 1.807) is 21.3 Å². The highest BCUT2D eigenvalue weighted by molar-refractivity contribution is 7.80. The molecule has 6 heteroatoms. The average Bonchev–Trinajstić information content (AvgIpc) is 2.59. The maximum atomic E-state index is 5.48. The molecule has 2 aliphatic rings. The van der Waals surface area contributed by atoms with Crippen LogP contribution in [0.25, 0.3) is 0 Å². The van der Waals surface area contributed by atoms with E-state index in [1.807, 2.05) is 12.1 Å². The summed E-state index contributed by atoms with van der Waals surface area (Å²) in [5, 5.41) is 7.36. The van der Waals surface area contributed by atoms with Crippen LogP contribution in [0.3, 0.4) is 0 Å². The first-order valence-corrected chi connectivity index (χ1v) is 8.18. The fraction of sp³-hybridized carbons (Fsp3) is 0.471. The minimum absolute atomic E-state index is 0.0488. The molecule has 0 radical (unpaired) electrons. The Hall–Kier alpha value is -1.95. The lowest BCUT2D eigenvalue weighted by Gasteiger charge is -2.35. The third kappa shape index (κ3) is 2.95. The molecule has 0 fully saturated rings. The number of thiocarbonyl (C=S) groups is 1. The van der Waals surface area contributed by atoms with Gasteiger partial charge in [-0.15, -0.1) is 0 Å². The number of ether oxygens (including phenoxy) is 3. The van der Waals surface area contributed by atoms with Gasteiger partial charge in [-0.3, -0.25) is 0 Å². The molecule has 1 unspecified atom stereocenters. The van der Waals surface area contributed by atoms with Crippen molar-refractivity contribution >= 4 is 17.3 Å². The molecule has 0 amide bonds. The predicted octanol–water partition coefficient (Wildman–Crippen LogP) is 3.06. The Labute approximate surface area is 142 Å². The van der Waals surface area contributed by atoms with Crippen molar-refractivity contribution in [1.82, 2.24) is 10.6 Å². The van der Waals surface area contributed by atoms with Crippen LogP contribution in [-0.2, 0) is 0 Å². The molecular weight excluding hydrogens is 312 g/mol. The monoisotopic (exact) mass is 334 g/mol. The second kappa shape index (κ2) is 6.66. The molecular formula is C17H22N2O3S. The Morgan fingerprint density at radius 3 is 2.26 bits per heavy atom. The molecule has 0 saturated carbocycles. The van der Waals surface area contributed by atoms with Crippen LogP contribution in [0, 0.1) is 0 Å². The van der Waals surface area contributed by atoms with Gasteiger partial charge in [-0.25, -0.2) is 0 Å². The van der Waals surface area contributed by atoms with E-state index >= 15 is 0 Å². The van der Waals surface area contributed by atoms with E-state index in [0.29, 0.717) is 22.4 Å². The van der Waals surface area contributed by atoms with Gasteiger partial charge in [0.1, 0.15) is 0 Å². The lowest BCUT2D eigenvalue weighted by Crippen LogP contribution is -2.44. The summed E-state index contributed by atoms with van der Waals surface area (Å²) in [6, 6.07) is 4.03. The molecule has 1 heterocycles. The Bertz CT molecular complexity index is 632. The number of rotatable bonds is 4. The third-order valence-electron chi connectivity index (χ3n) is 4.42. The zero-order valence-corrected chi connectivity index (χ0v) is 14.5. The molecule has 0 bridgehead atoms. The summed E-state index contributed by atoms with van der Waals surface area (Å²) >= 11 is 5.38. The molecule has 1 aliphatic heterocycles. The summed E-state index contributed by atoms with van der Waals surface area (Å²) in [6.45, 7) is 0. The van der Waals surface area contributed by atoms with Crippen LogP contribution in [-0.4, -0.2) is 26.4 Å². The fourth-order valence-corrected chi connectivity index (χ4v) is 3.57. The number of hydrogen-bond donors (Lipinski definition) is 2. The Morgan fingerprint density at radius 2 is 1.65 bits per heavy atom. The van der Waals surface area contributed by atoms with Crippen molar-refractivity contribution in [3.05, 3.63) is 29.0 Å². The molecule has 2 N–H and O–H groups in total. The summed E-state index contributed by atoms with van der Waals surface area (Å²) in [5.41, 5.74) is 3.70. The van der Waals surface area contributed by atoms with E-state index in [4.69, 9.17) is 26.4 Å². The molecule has 0 spiro atoms. The van der Waals surface area contributed by atoms with Crippen molar-refractivity contribution in [2.24, 2.45) is 0 Å². The molecule has 1 aromatic carbocycles. The minimum Gasteiger partial charge on any atom is -0.493 e. The lowest BCUT2D eigenvalue weighted by atomic mass is 9.86. The summed E-state index contributed by atoms with van der Waals surface area (Å²) in [7, 11) is 4.87. The summed E-state index contributed by atoms with van der Waals surface area (Å²) in [6.07, 6.45) is 4.53. The number of hydrogen-bond acceptors (Lipinski definition) is 4. The minimum atomic E-state index is 0.0488. The van der Waals surface area contributed by atoms with Gasteiger partial charge >= 0.3 is 0 Å². The van der Waals surface area contributed by atoms with Gasteiger partial charge in [-0.05, 0) is 61.2 Å². The highest BCUT2D eigenvalue weighted by Crippen LogP contribution is 2.43. The van der Waals surface area contributed by atoms with Crippen molar-refractivity contribution in [2.45, 2.75) is 31.7 Å².